The van der Waals surface area contributed by atoms with Gasteiger partial charge in [-0.25, -0.2) is 4.79 Å². The number of hydrogen-bond acceptors (Lipinski definition) is 11. The van der Waals surface area contributed by atoms with Gasteiger partial charge < -0.3 is 39.0 Å². The maximum Gasteiger partial charge on any atom is 0.335 e. The fraction of sp³-hybridized carbons (Fsp3) is 0.714. The van der Waals surface area contributed by atoms with Gasteiger partial charge in [0.25, 0.3) is 0 Å². The third-order valence-corrected chi connectivity index (χ3v) is 13.0. The summed E-state index contributed by atoms with van der Waals surface area (Å²) in [6.07, 6.45) is 52.8. The van der Waals surface area contributed by atoms with Crippen LogP contribution in [-0.4, -0.2) is 89.2 Å². The van der Waals surface area contributed by atoms with Gasteiger partial charge in [-0.05, 0) is 89.9 Å². The van der Waals surface area contributed by atoms with Gasteiger partial charge in [0.2, 0.25) is 0 Å². The van der Waals surface area contributed by atoms with Gasteiger partial charge in [0, 0.05) is 19.3 Å². The number of unbranched alkanes of at least 4 members (excludes halogenated alkanes) is 21. The van der Waals surface area contributed by atoms with Crippen molar-refractivity contribution in [2.24, 2.45) is 0 Å². The van der Waals surface area contributed by atoms with Crippen molar-refractivity contribution in [3.8, 4) is 0 Å². The van der Waals surface area contributed by atoms with E-state index in [4.69, 9.17) is 23.7 Å². The Balaban J connectivity index is 2.72. The normalized spacial score (nSPS) is 18.8. The summed E-state index contributed by atoms with van der Waals surface area (Å²) in [6, 6.07) is 0. The third-order valence-electron chi connectivity index (χ3n) is 13.0. The number of carboxylic acid groups (broad SMARTS) is 1. The van der Waals surface area contributed by atoms with Gasteiger partial charge in [-0.1, -0.05) is 215 Å². The zero-order valence-corrected chi connectivity index (χ0v) is 47.0. The smallest absolute Gasteiger partial charge is 0.335 e. The predicted molar refractivity (Wildman–Crippen MR) is 303 cm³/mol. The van der Waals surface area contributed by atoms with E-state index in [1.165, 1.54) is 83.5 Å². The monoisotopic (exact) mass is 1050 g/mol. The molecule has 0 radical (unpaired) electrons. The molecule has 0 aromatic rings. The van der Waals surface area contributed by atoms with Gasteiger partial charge >= 0.3 is 23.9 Å². The first-order valence-electron chi connectivity index (χ1n) is 29.6. The molecule has 12 nitrogen and oxygen atoms in total. The van der Waals surface area contributed by atoms with Crippen molar-refractivity contribution < 1.29 is 58.2 Å². The topological polar surface area (TPSA) is 175 Å². The number of esters is 3. The van der Waals surface area contributed by atoms with Gasteiger partial charge in [0.05, 0.1) is 6.61 Å². The Bertz CT molecular complexity index is 1630. The number of allylic oxidation sites excluding steroid dienone is 14. The number of carboxylic acids is 1. The highest BCUT2D eigenvalue weighted by Gasteiger charge is 2.50. The van der Waals surface area contributed by atoms with E-state index in [1.807, 2.05) is 0 Å². The highest BCUT2D eigenvalue weighted by atomic mass is 16.7. The number of carbonyl (C=O) groups is 4. The van der Waals surface area contributed by atoms with E-state index in [0.717, 1.165) is 89.9 Å². The van der Waals surface area contributed by atoms with Crippen LogP contribution in [0.3, 0.4) is 0 Å². The first kappa shape index (κ1) is 68.9. The molecule has 1 rings (SSSR count). The SMILES string of the molecule is CC/C=C\C/C=C\C/C=C\C/C=C\CCCCC(=O)OC1C(OCC(COC(=O)CCCCCCCCCCCCCCCCCCC)OC(=O)CCCCC/C=C\C/C=C\C/C=C\CC)OC(C(=O)O)C(O)C1O. The standard InChI is InChI=1S/C63H104O12/c1-4-7-10-13-16-19-22-25-27-28-30-32-34-37-40-43-46-49-55(64)71-52-54(73-56(65)50-47-44-41-38-35-31-24-21-18-15-12-9-6-3)53-72-63-61(59(68)58(67)60(75-63)62(69)70)74-57(66)51-48-45-42-39-36-33-29-26-23-20-17-14-11-8-5-2/h8-9,11-12,17-18,20-21,26,29,31,35-36,39,54,58-61,63,67-68H,4-7,10,13-16,19,22-25,27-28,30,32-34,37-38,40-53H2,1-3H3,(H,69,70)/b11-8-,12-9-,20-17-,21-18-,29-26-,35-31-,39-36-. The van der Waals surface area contributed by atoms with Crippen LogP contribution in [0.1, 0.15) is 239 Å². The highest BCUT2D eigenvalue weighted by Crippen LogP contribution is 2.26. The van der Waals surface area contributed by atoms with E-state index in [2.05, 4.69) is 106 Å². The molecule has 1 aliphatic rings. The molecule has 428 valence electrons. The molecule has 1 saturated heterocycles. The fourth-order valence-electron chi connectivity index (χ4n) is 8.49. The van der Waals surface area contributed by atoms with Crippen molar-refractivity contribution in [3.05, 3.63) is 85.1 Å². The van der Waals surface area contributed by atoms with Crippen LogP contribution in [0.5, 0.6) is 0 Å². The van der Waals surface area contributed by atoms with Crippen molar-refractivity contribution in [1.82, 2.24) is 0 Å². The lowest BCUT2D eigenvalue weighted by molar-refractivity contribution is -0.301. The summed E-state index contributed by atoms with van der Waals surface area (Å²) >= 11 is 0. The molecule has 0 aliphatic carbocycles. The molecule has 3 N–H and O–H groups in total. The molecule has 1 fully saturated rings. The number of rotatable bonds is 49. The van der Waals surface area contributed by atoms with Crippen molar-refractivity contribution in [2.45, 2.75) is 276 Å². The molecular formula is C63H104O12. The Labute approximate surface area is 454 Å². The van der Waals surface area contributed by atoms with Crippen molar-refractivity contribution in [3.63, 3.8) is 0 Å². The minimum Gasteiger partial charge on any atom is -0.479 e. The third kappa shape index (κ3) is 40.8. The summed E-state index contributed by atoms with van der Waals surface area (Å²) in [7, 11) is 0. The number of aliphatic carboxylic acids is 1. The largest absolute Gasteiger partial charge is 0.479 e. The summed E-state index contributed by atoms with van der Waals surface area (Å²) < 4.78 is 28.3. The first-order valence-corrected chi connectivity index (χ1v) is 29.6. The minimum atomic E-state index is -1.92. The van der Waals surface area contributed by atoms with E-state index in [1.54, 1.807) is 0 Å². The predicted octanol–water partition coefficient (Wildman–Crippen LogP) is 15.1. The molecule has 75 heavy (non-hydrogen) atoms. The zero-order chi connectivity index (χ0) is 54.7. The Morgan fingerprint density at radius 2 is 0.840 bits per heavy atom. The molecule has 6 unspecified atom stereocenters. The van der Waals surface area contributed by atoms with Gasteiger partial charge in [-0.15, -0.1) is 0 Å². The molecule has 0 aromatic carbocycles. The van der Waals surface area contributed by atoms with Crippen LogP contribution in [0.25, 0.3) is 0 Å². The molecule has 1 heterocycles. The number of aliphatic hydroxyl groups excluding tert-OH is 2. The summed E-state index contributed by atoms with van der Waals surface area (Å²) in [5.41, 5.74) is 0. The van der Waals surface area contributed by atoms with Crippen LogP contribution in [-0.2, 0) is 42.9 Å². The van der Waals surface area contributed by atoms with Crippen molar-refractivity contribution in [2.75, 3.05) is 13.2 Å². The molecule has 0 amide bonds. The lowest BCUT2D eigenvalue weighted by Gasteiger charge is -2.40. The summed E-state index contributed by atoms with van der Waals surface area (Å²) in [5, 5.41) is 31.4. The summed E-state index contributed by atoms with van der Waals surface area (Å²) in [5.74, 6) is -3.21. The number of hydrogen-bond donors (Lipinski definition) is 3. The molecule has 0 saturated carbocycles. The lowest BCUT2D eigenvalue weighted by atomic mass is 9.98. The van der Waals surface area contributed by atoms with Crippen LogP contribution in [0.15, 0.2) is 85.1 Å². The molecule has 12 heteroatoms. The van der Waals surface area contributed by atoms with E-state index in [9.17, 15) is 34.5 Å². The van der Waals surface area contributed by atoms with Crippen LogP contribution < -0.4 is 0 Å². The first-order chi connectivity index (χ1) is 36.6. The molecule has 0 bridgehead atoms. The van der Waals surface area contributed by atoms with E-state index < -0.39 is 67.3 Å². The zero-order valence-electron chi connectivity index (χ0n) is 47.0. The molecule has 0 spiro atoms. The lowest BCUT2D eigenvalue weighted by Crippen LogP contribution is -2.61. The second-order valence-electron chi connectivity index (χ2n) is 19.9. The average molecular weight is 1050 g/mol. The maximum absolute atomic E-state index is 13.1. The minimum absolute atomic E-state index is 0.00236. The fourth-order valence-corrected chi connectivity index (χ4v) is 8.49. The van der Waals surface area contributed by atoms with Gasteiger partial charge in [0.15, 0.2) is 24.6 Å². The summed E-state index contributed by atoms with van der Waals surface area (Å²) in [6.45, 7) is 5.72. The Hall–Kier alpha value is -4.10. The number of ether oxygens (including phenoxy) is 5. The van der Waals surface area contributed by atoms with Crippen molar-refractivity contribution in [1.29, 1.82) is 0 Å². The highest BCUT2D eigenvalue weighted by molar-refractivity contribution is 5.74. The molecule has 1 aliphatic heterocycles. The summed E-state index contributed by atoms with van der Waals surface area (Å²) in [4.78, 5) is 51.1. The van der Waals surface area contributed by atoms with Gasteiger partial charge in [-0.2, -0.15) is 0 Å². The quantitative estimate of drug-likeness (QED) is 0.0228. The average Bonchev–Trinajstić information content (AvgIpc) is 3.39. The Morgan fingerprint density at radius 3 is 1.31 bits per heavy atom. The van der Waals surface area contributed by atoms with Gasteiger partial charge in [0.1, 0.15) is 18.8 Å². The second-order valence-corrected chi connectivity index (χ2v) is 19.9. The van der Waals surface area contributed by atoms with E-state index in [-0.39, 0.29) is 25.9 Å². The molecular weight excluding hydrogens is 949 g/mol. The molecule has 6 atom stereocenters. The Morgan fingerprint density at radius 1 is 0.453 bits per heavy atom. The Kier molecular flexibility index (Phi) is 46.6. The van der Waals surface area contributed by atoms with E-state index in [0.29, 0.717) is 25.7 Å². The second kappa shape index (κ2) is 50.7. The van der Waals surface area contributed by atoms with E-state index >= 15 is 0 Å². The molecule has 0 aromatic heterocycles. The van der Waals surface area contributed by atoms with Crippen molar-refractivity contribution >= 4 is 23.9 Å². The van der Waals surface area contributed by atoms with Crippen LogP contribution >= 0.6 is 0 Å². The van der Waals surface area contributed by atoms with Crippen LogP contribution in [0.2, 0.25) is 0 Å². The van der Waals surface area contributed by atoms with Crippen LogP contribution in [0.4, 0.5) is 0 Å². The van der Waals surface area contributed by atoms with Gasteiger partial charge in [-0.3, -0.25) is 14.4 Å². The van der Waals surface area contributed by atoms with Crippen LogP contribution in [0, 0.1) is 0 Å². The number of carbonyl (C=O) groups excluding carboxylic acids is 3. The maximum atomic E-state index is 13.1. The number of aliphatic hydroxyl groups is 2.